The second-order valence-electron chi connectivity index (χ2n) is 6.74. The van der Waals surface area contributed by atoms with E-state index in [1.807, 2.05) is 43.5 Å². The van der Waals surface area contributed by atoms with Gasteiger partial charge < -0.3 is 9.30 Å². The number of rotatable bonds is 7. The third-order valence-electron chi connectivity index (χ3n) is 4.69. The van der Waals surface area contributed by atoms with Crippen molar-refractivity contribution < 1.29 is 14.5 Å². The van der Waals surface area contributed by atoms with Gasteiger partial charge in [-0.2, -0.15) is 4.99 Å². The molecule has 0 N–H and O–H groups in total. The van der Waals surface area contributed by atoms with Crippen LogP contribution >= 0.6 is 11.3 Å². The van der Waals surface area contributed by atoms with E-state index in [2.05, 4.69) is 4.99 Å². The van der Waals surface area contributed by atoms with Crippen LogP contribution in [-0.2, 0) is 22.5 Å². The molecule has 0 bridgehead atoms. The number of carbonyl (C=O) groups is 1. The number of ether oxygens (including phenoxy) is 1. The number of aryl methyl sites for hydroxylation is 2. The van der Waals surface area contributed by atoms with Crippen molar-refractivity contribution in [1.82, 2.24) is 4.57 Å². The van der Waals surface area contributed by atoms with Gasteiger partial charge in [0.05, 0.1) is 28.2 Å². The fourth-order valence-electron chi connectivity index (χ4n) is 3.01. The number of non-ortho nitro benzene ring substituents is 1. The van der Waals surface area contributed by atoms with Gasteiger partial charge in [-0.1, -0.05) is 29.5 Å². The van der Waals surface area contributed by atoms with Crippen LogP contribution in [0.3, 0.4) is 0 Å². The summed E-state index contributed by atoms with van der Waals surface area (Å²) in [6.45, 7) is 7.54. The molecular formula is C21H23N3O4S. The molecule has 3 aromatic rings. The number of aromatic nitrogens is 1. The maximum absolute atomic E-state index is 12.6. The van der Waals surface area contributed by atoms with E-state index in [9.17, 15) is 14.9 Å². The number of fused-ring (bicyclic) bond motifs is 1. The van der Waals surface area contributed by atoms with Crippen LogP contribution in [0.1, 0.15) is 23.6 Å². The van der Waals surface area contributed by atoms with Crippen molar-refractivity contribution >= 4 is 33.1 Å². The number of nitro groups is 1. The highest BCUT2D eigenvalue weighted by Gasteiger charge is 2.13. The Labute approximate surface area is 172 Å². The second kappa shape index (κ2) is 9.11. The van der Waals surface area contributed by atoms with Gasteiger partial charge in [-0.15, -0.1) is 0 Å². The van der Waals surface area contributed by atoms with Gasteiger partial charge in [0.25, 0.3) is 11.6 Å². The third-order valence-corrected chi connectivity index (χ3v) is 5.73. The maximum Gasteiger partial charge on any atom is 0.270 e. The maximum atomic E-state index is 12.6. The first kappa shape index (κ1) is 20.9. The summed E-state index contributed by atoms with van der Waals surface area (Å²) in [6, 6.07) is 10.6. The van der Waals surface area contributed by atoms with Gasteiger partial charge >= 0.3 is 0 Å². The highest BCUT2D eigenvalue weighted by molar-refractivity contribution is 7.16. The molecule has 1 aromatic heterocycles. The molecule has 0 saturated carbocycles. The van der Waals surface area contributed by atoms with Crippen molar-refractivity contribution in [2.45, 2.75) is 33.7 Å². The Morgan fingerprint density at radius 2 is 2.00 bits per heavy atom. The third kappa shape index (κ3) is 4.96. The number of nitro benzene ring substituents is 1. The summed E-state index contributed by atoms with van der Waals surface area (Å²) in [4.78, 5) is 28.1. The molecule has 0 aliphatic rings. The molecule has 0 unspecified atom stereocenters. The average Bonchev–Trinajstić information content (AvgIpc) is 3.01. The van der Waals surface area contributed by atoms with Gasteiger partial charge in [0.15, 0.2) is 4.80 Å². The Bertz CT molecular complexity index is 1130. The first-order valence-electron chi connectivity index (χ1n) is 9.38. The number of nitrogens with zero attached hydrogens (tertiary/aromatic N) is 3. The van der Waals surface area contributed by atoms with Crippen LogP contribution < -0.4 is 4.80 Å². The van der Waals surface area contributed by atoms with E-state index in [-0.39, 0.29) is 18.0 Å². The van der Waals surface area contributed by atoms with Gasteiger partial charge in [0, 0.05) is 25.3 Å². The zero-order chi connectivity index (χ0) is 21.0. The topological polar surface area (TPSA) is 86.7 Å². The molecule has 0 saturated heterocycles. The van der Waals surface area contributed by atoms with Crippen LogP contribution in [0.4, 0.5) is 5.69 Å². The lowest BCUT2D eigenvalue weighted by Crippen LogP contribution is -2.20. The standard InChI is InChI=1S/C21H23N3O4S/c1-4-28-10-9-23-18-8-7-17(24(26)27)13-19(18)29-21(23)22-20(25)12-16-6-5-14(2)15(3)11-16/h5-8,11,13H,4,9-10,12H2,1-3H3. The van der Waals surface area contributed by atoms with Crippen molar-refractivity contribution in [3.05, 3.63) is 68.0 Å². The molecule has 1 amide bonds. The van der Waals surface area contributed by atoms with Gasteiger partial charge in [-0.3, -0.25) is 14.9 Å². The van der Waals surface area contributed by atoms with Crippen LogP contribution in [-0.4, -0.2) is 28.6 Å². The molecule has 0 radical (unpaired) electrons. The van der Waals surface area contributed by atoms with Gasteiger partial charge in [-0.25, -0.2) is 0 Å². The summed E-state index contributed by atoms with van der Waals surface area (Å²) in [5.41, 5.74) is 4.05. The number of hydrogen-bond donors (Lipinski definition) is 0. The Hall–Kier alpha value is -2.84. The zero-order valence-corrected chi connectivity index (χ0v) is 17.5. The molecule has 152 valence electrons. The summed E-state index contributed by atoms with van der Waals surface area (Å²) >= 11 is 1.27. The Balaban J connectivity index is 1.98. The number of hydrogen-bond acceptors (Lipinski definition) is 5. The molecule has 7 nitrogen and oxygen atoms in total. The lowest BCUT2D eigenvalue weighted by atomic mass is 10.0. The van der Waals surface area contributed by atoms with E-state index in [1.54, 1.807) is 6.07 Å². The van der Waals surface area contributed by atoms with Crippen molar-refractivity contribution in [1.29, 1.82) is 0 Å². The summed E-state index contributed by atoms with van der Waals surface area (Å²) in [7, 11) is 0. The number of thiazole rings is 1. The number of carbonyl (C=O) groups excluding carboxylic acids is 1. The molecule has 29 heavy (non-hydrogen) atoms. The number of amides is 1. The fraction of sp³-hybridized carbons (Fsp3) is 0.333. The Kier molecular flexibility index (Phi) is 6.56. The first-order valence-corrected chi connectivity index (χ1v) is 10.2. The van der Waals surface area contributed by atoms with Crippen LogP contribution in [0.2, 0.25) is 0 Å². The number of benzene rings is 2. The van der Waals surface area contributed by atoms with E-state index in [4.69, 9.17) is 4.74 Å². The van der Waals surface area contributed by atoms with Crippen molar-refractivity contribution in [3.63, 3.8) is 0 Å². The van der Waals surface area contributed by atoms with E-state index in [0.717, 1.165) is 16.6 Å². The van der Waals surface area contributed by atoms with Crippen LogP contribution in [0.25, 0.3) is 10.2 Å². The van der Waals surface area contributed by atoms with Crippen LogP contribution in [0.15, 0.2) is 41.4 Å². The molecule has 0 aliphatic heterocycles. The smallest absolute Gasteiger partial charge is 0.270 e. The van der Waals surface area contributed by atoms with Crippen molar-refractivity contribution in [3.8, 4) is 0 Å². The zero-order valence-electron chi connectivity index (χ0n) is 16.7. The van der Waals surface area contributed by atoms with E-state index in [0.29, 0.717) is 29.3 Å². The second-order valence-corrected chi connectivity index (χ2v) is 7.75. The lowest BCUT2D eigenvalue weighted by molar-refractivity contribution is -0.384. The van der Waals surface area contributed by atoms with E-state index in [1.165, 1.54) is 29.0 Å². The minimum atomic E-state index is -0.425. The summed E-state index contributed by atoms with van der Waals surface area (Å²) in [5, 5.41) is 11.1. The SMILES string of the molecule is CCOCCn1c(=NC(=O)Cc2ccc(C)c(C)c2)sc2cc([N+](=O)[O-])ccc21. The lowest BCUT2D eigenvalue weighted by Gasteiger charge is -2.05. The predicted molar refractivity (Wildman–Crippen MR) is 113 cm³/mol. The molecule has 1 heterocycles. The van der Waals surface area contributed by atoms with Crippen molar-refractivity contribution in [2.75, 3.05) is 13.2 Å². The first-order chi connectivity index (χ1) is 13.9. The summed E-state index contributed by atoms with van der Waals surface area (Å²) in [6.07, 6.45) is 0.209. The Morgan fingerprint density at radius 3 is 2.69 bits per heavy atom. The minimum absolute atomic E-state index is 0.0173. The monoisotopic (exact) mass is 413 g/mol. The molecule has 0 atom stereocenters. The summed E-state index contributed by atoms with van der Waals surface area (Å²) in [5.74, 6) is -0.250. The quantitative estimate of drug-likeness (QED) is 0.334. The van der Waals surface area contributed by atoms with Crippen LogP contribution in [0.5, 0.6) is 0 Å². The molecule has 0 aliphatic carbocycles. The predicted octanol–water partition coefficient (Wildman–Crippen LogP) is 3.93. The molecule has 3 rings (SSSR count). The largest absolute Gasteiger partial charge is 0.380 e. The van der Waals surface area contributed by atoms with E-state index < -0.39 is 4.92 Å². The average molecular weight is 413 g/mol. The molecule has 0 fully saturated rings. The van der Waals surface area contributed by atoms with Crippen LogP contribution in [0, 0.1) is 24.0 Å². The fourth-order valence-corrected chi connectivity index (χ4v) is 4.12. The molecule has 8 heteroatoms. The highest BCUT2D eigenvalue weighted by Crippen LogP contribution is 2.23. The van der Waals surface area contributed by atoms with E-state index >= 15 is 0 Å². The molecule has 2 aromatic carbocycles. The minimum Gasteiger partial charge on any atom is -0.380 e. The Morgan fingerprint density at radius 1 is 1.21 bits per heavy atom. The van der Waals surface area contributed by atoms with Gasteiger partial charge in [0.2, 0.25) is 0 Å². The van der Waals surface area contributed by atoms with Gasteiger partial charge in [-0.05, 0) is 43.5 Å². The highest BCUT2D eigenvalue weighted by atomic mass is 32.1. The normalized spacial score (nSPS) is 11.9. The molecule has 0 spiro atoms. The summed E-state index contributed by atoms with van der Waals surface area (Å²) < 4.78 is 8.05. The molecular weight excluding hydrogens is 390 g/mol. The van der Waals surface area contributed by atoms with Gasteiger partial charge in [0.1, 0.15) is 0 Å². The van der Waals surface area contributed by atoms with Crippen molar-refractivity contribution in [2.24, 2.45) is 4.99 Å².